The summed E-state index contributed by atoms with van der Waals surface area (Å²) in [5.41, 5.74) is 10.2. The molecule has 1 aliphatic rings. The zero-order valence-corrected chi connectivity index (χ0v) is 9.23. The zero-order chi connectivity index (χ0) is 12.3. The lowest BCUT2D eigenvalue weighted by molar-refractivity contribution is -0.135. The molecule has 0 spiro atoms. The van der Waals surface area contributed by atoms with Crippen LogP contribution in [0.25, 0.3) is 0 Å². The van der Waals surface area contributed by atoms with Crippen molar-refractivity contribution in [1.82, 2.24) is 4.90 Å². The van der Waals surface area contributed by atoms with Crippen LogP contribution in [-0.2, 0) is 14.4 Å². The van der Waals surface area contributed by atoms with Gasteiger partial charge in [0.25, 0.3) is 0 Å². The third-order valence-electron chi connectivity index (χ3n) is 2.87. The van der Waals surface area contributed by atoms with E-state index in [1.54, 1.807) is 0 Å². The minimum atomic E-state index is -0.706. The van der Waals surface area contributed by atoms with Crippen LogP contribution in [0.5, 0.6) is 0 Å². The Morgan fingerprint density at radius 1 is 1.12 bits per heavy atom. The molecule has 0 bridgehead atoms. The number of hydrogen-bond acceptors (Lipinski definition) is 3. The summed E-state index contributed by atoms with van der Waals surface area (Å²) in [5, 5.41) is 0. The first-order valence-corrected chi connectivity index (χ1v) is 5.15. The van der Waals surface area contributed by atoms with Crippen LogP contribution in [0, 0.1) is 11.8 Å². The Labute approximate surface area is 93.9 Å². The van der Waals surface area contributed by atoms with E-state index in [0.717, 1.165) is 0 Å². The van der Waals surface area contributed by atoms with Gasteiger partial charge >= 0.3 is 0 Å². The van der Waals surface area contributed by atoms with E-state index in [4.69, 9.17) is 11.5 Å². The van der Waals surface area contributed by atoms with Crippen molar-refractivity contribution < 1.29 is 14.4 Å². The molecule has 0 unspecified atom stereocenters. The molecule has 0 aliphatic carbocycles. The number of nitrogens with two attached hydrogens (primary N) is 2. The molecule has 1 fully saturated rings. The number of primary amides is 2. The molecule has 6 heteroatoms. The molecule has 1 rings (SSSR count). The summed E-state index contributed by atoms with van der Waals surface area (Å²) in [4.78, 5) is 34.9. The predicted octanol–water partition coefficient (Wildman–Crippen LogP) is -1.21. The smallest absolute Gasteiger partial charge is 0.239 e. The number of likely N-dealkylation sites (tertiary alicyclic amines) is 1. The summed E-state index contributed by atoms with van der Waals surface area (Å²) < 4.78 is 0. The summed E-state index contributed by atoms with van der Waals surface area (Å²) in [6, 6.07) is 0. The van der Waals surface area contributed by atoms with E-state index in [-0.39, 0.29) is 23.7 Å². The van der Waals surface area contributed by atoms with E-state index in [1.807, 2.05) is 0 Å². The van der Waals surface area contributed by atoms with E-state index < -0.39 is 5.91 Å². The molecule has 0 saturated carbocycles. The minimum absolute atomic E-state index is 0.0255. The number of carbonyl (C=O) groups is 3. The number of carbonyl (C=O) groups excluding carboxylic acids is 3. The van der Waals surface area contributed by atoms with Crippen LogP contribution in [0.15, 0.2) is 0 Å². The highest BCUT2D eigenvalue weighted by Gasteiger charge is 2.30. The van der Waals surface area contributed by atoms with Gasteiger partial charge < -0.3 is 16.4 Å². The van der Waals surface area contributed by atoms with Crippen LogP contribution < -0.4 is 11.5 Å². The van der Waals surface area contributed by atoms with Crippen molar-refractivity contribution in [3.05, 3.63) is 5.92 Å². The van der Waals surface area contributed by atoms with E-state index in [1.165, 1.54) is 11.8 Å². The molecule has 4 N–H and O–H groups in total. The molecule has 1 radical (unpaired) electrons. The van der Waals surface area contributed by atoms with Gasteiger partial charge in [-0.2, -0.15) is 0 Å². The molecule has 3 amide bonds. The average molecular weight is 226 g/mol. The second-order valence-corrected chi connectivity index (χ2v) is 3.96. The molecule has 0 aromatic carbocycles. The molecule has 0 aromatic heterocycles. The second-order valence-electron chi connectivity index (χ2n) is 3.96. The minimum Gasteiger partial charge on any atom is -0.369 e. The fraction of sp³-hybridized carbons (Fsp3) is 0.600. The second kappa shape index (κ2) is 4.96. The van der Waals surface area contributed by atoms with Gasteiger partial charge in [-0.05, 0) is 19.8 Å². The quantitative estimate of drug-likeness (QED) is 0.589. The highest BCUT2D eigenvalue weighted by atomic mass is 16.2. The van der Waals surface area contributed by atoms with Crippen LogP contribution in [0.1, 0.15) is 19.8 Å². The van der Waals surface area contributed by atoms with Crippen LogP contribution in [0.3, 0.4) is 0 Å². The highest BCUT2D eigenvalue weighted by molar-refractivity contribution is 6.13. The SMILES string of the molecule is C[C](C(N)=O)C(=O)N1CCC(C(N)=O)CC1. The molecular weight excluding hydrogens is 210 g/mol. The summed E-state index contributed by atoms with van der Waals surface area (Å²) >= 11 is 0. The van der Waals surface area contributed by atoms with Crippen molar-refractivity contribution in [2.75, 3.05) is 13.1 Å². The summed E-state index contributed by atoms with van der Waals surface area (Å²) in [6.07, 6.45) is 1.10. The predicted molar refractivity (Wildman–Crippen MR) is 56.6 cm³/mol. The van der Waals surface area contributed by atoms with Crippen LogP contribution in [-0.4, -0.2) is 35.7 Å². The van der Waals surface area contributed by atoms with Crippen LogP contribution in [0.2, 0.25) is 0 Å². The maximum Gasteiger partial charge on any atom is 0.239 e. The molecule has 1 heterocycles. The standard InChI is InChI=1S/C10H16N3O3/c1-6(8(11)14)10(16)13-4-2-7(3-5-13)9(12)15/h7H,2-5H2,1H3,(H2,11,14)(H2,12,15). The van der Waals surface area contributed by atoms with Crippen molar-refractivity contribution in [1.29, 1.82) is 0 Å². The van der Waals surface area contributed by atoms with Crippen molar-refractivity contribution in [2.45, 2.75) is 19.8 Å². The van der Waals surface area contributed by atoms with Gasteiger partial charge in [0, 0.05) is 19.0 Å². The van der Waals surface area contributed by atoms with Crippen molar-refractivity contribution >= 4 is 17.7 Å². The molecule has 0 atom stereocenters. The maximum atomic E-state index is 11.7. The van der Waals surface area contributed by atoms with Gasteiger partial charge in [-0.25, -0.2) is 0 Å². The Kier molecular flexibility index (Phi) is 3.87. The molecule has 1 aliphatic heterocycles. The maximum absolute atomic E-state index is 11.7. The number of nitrogens with zero attached hydrogens (tertiary/aromatic N) is 1. The van der Waals surface area contributed by atoms with E-state index in [2.05, 4.69) is 0 Å². The first-order valence-electron chi connectivity index (χ1n) is 5.15. The van der Waals surface area contributed by atoms with Gasteiger partial charge in [0.2, 0.25) is 17.7 Å². The Bertz CT molecular complexity index is 308. The van der Waals surface area contributed by atoms with E-state index >= 15 is 0 Å². The molecule has 6 nitrogen and oxygen atoms in total. The van der Waals surface area contributed by atoms with E-state index in [0.29, 0.717) is 25.9 Å². The van der Waals surface area contributed by atoms with Gasteiger partial charge in [-0.1, -0.05) is 0 Å². The fourth-order valence-corrected chi connectivity index (χ4v) is 1.71. The van der Waals surface area contributed by atoms with Crippen LogP contribution in [0.4, 0.5) is 0 Å². The lowest BCUT2D eigenvalue weighted by Gasteiger charge is -2.31. The normalized spacial score (nSPS) is 17.5. The Hall–Kier alpha value is -1.59. The molecular formula is C10H16N3O3. The monoisotopic (exact) mass is 226 g/mol. The Balaban J connectivity index is 2.51. The average Bonchev–Trinajstić information content (AvgIpc) is 2.27. The van der Waals surface area contributed by atoms with Crippen molar-refractivity contribution in [3.8, 4) is 0 Å². The Morgan fingerprint density at radius 2 is 1.62 bits per heavy atom. The Morgan fingerprint density at radius 3 is 2.00 bits per heavy atom. The van der Waals surface area contributed by atoms with Gasteiger partial charge in [-0.15, -0.1) is 0 Å². The van der Waals surface area contributed by atoms with E-state index in [9.17, 15) is 14.4 Å². The third kappa shape index (κ3) is 2.71. The number of hydrogen-bond donors (Lipinski definition) is 2. The largest absolute Gasteiger partial charge is 0.369 e. The zero-order valence-electron chi connectivity index (χ0n) is 9.23. The summed E-state index contributed by atoms with van der Waals surface area (Å²) in [6.45, 7) is 2.29. The van der Waals surface area contributed by atoms with Crippen LogP contribution >= 0.6 is 0 Å². The highest BCUT2D eigenvalue weighted by Crippen LogP contribution is 2.18. The number of piperidine rings is 1. The molecule has 0 aromatic rings. The van der Waals surface area contributed by atoms with Gasteiger partial charge in [-0.3, -0.25) is 14.4 Å². The lowest BCUT2D eigenvalue weighted by Crippen LogP contribution is -2.45. The first kappa shape index (κ1) is 12.5. The van der Waals surface area contributed by atoms with Gasteiger partial charge in [0.15, 0.2) is 0 Å². The van der Waals surface area contributed by atoms with Crippen molar-refractivity contribution in [3.63, 3.8) is 0 Å². The summed E-state index contributed by atoms with van der Waals surface area (Å²) in [7, 11) is 0. The number of amides is 3. The van der Waals surface area contributed by atoms with Crippen molar-refractivity contribution in [2.24, 2.45) is 17.4 Å². The fourth-order valence-electron chi connectivity index (χ4n) is 1.71. The summed E-state index contributed by atoms with van der Waals surface area (Å²) in [5.74, 6) is -1.53. The van der Waals surface area contributed by atoms with Gasteiger partial charge in [0.05, 0.1) is 0 Å². The van der Waals surface area contributed by atoms with Gasteiger partial charge in [0.1, 0.15) is 5.92 Å². The molecule has 16 heavy (non-hydrogen) atoms. The molecule has 1 saturated heterocycles. The first-order chi connectivity index (χ1) is 7.43. The lowest BCUT2D eigenvalue weighted by atomic mass is 9.95. The third-order valence-corrected chi connectivity index (χ3v) is 2.87. The number of rotatable bonds is 3. The molecule has 89 valence electrons. The topological polar surface area (TPSA) is 106 Å².